The third-order valence-electron chi connectivity index (χ3n) is 3.14. The standard InChI is InChI=1S/C12H13ClN2O4S/c1-15(10-6-7-11(16)14-12(10)17)20(18,19)9-4-2-8(13)3-5-9/h2-5,10H,6-7H2,1H3,(H,14,16,17). The van der Waals surface area contributed by atoms with Crippen molar-refractivity contribution in [1.29, 1.82) is 0 Å². The summed E-state index contributed by atoms with van der Waals surface area (Å²) < 4.78 is 25.8. The van der Waals surface area contributed by atoms with Gasteiger partial charge in [-0.15, -0.1) is 0 Å². The first-order valence-electron chi connectivity index (χ1n) is 5.89. The molecule has 0 aliphatic carbocycles. The van der Waals surface area contributed by atoms with Crippen molar-refractivity contribution < 1.29 is 18.0 Å². The van der Waals surface area contributed by atoms with Crippen molar-refractivity contribution in [3.05, 3.63) is 29.3 Å². The Morgan fingerprint density at radius 3 is 2.40 bits per heavy atom. The Morgan fingerprint density at radius 1 is 1.25 bits per heavy atom. The van der Waals surface area contributed by atoms with E-state index >= 15 is 0 Å². The Kier molecular flexibility index (Phi) is 4.12. The highest BCUT2D eigenvalue weighted by atomic mass is 35.5. The van der Waals surface area contributed by atoms with Crippen LogP contribution in [0.25, 0.3) is 0 Å². The highest BCUT2D eigenvalue weighted by molar-refractivity contribution is 7.89. The van der Waals surface area contributed by atoms with E-state index in [-0.39, 0.29) is 23.6 Å². The Labute approximate surface area is 121 Å². The van der Waals surface area contributed by atoms with E-state index in [1.54, 1.807) is 0 Å². The molecule has 6 nitrogen and oxygen atoms in total. The van der Waals surface area contributed by atoms with Crippen molar-refractivity contribution in [2.75, 3.05) is 7.05 Å². The van der Waals surface area contributed by atoms with E-state index in [4.69, 9.17) is 11.6 Å². The molecule has 20 heavy (non-hydrogen) atoms. The molecular weight excluding hydrogens is 304 g/mol. The molecule has 0 aromatic heterocycles. The summed E-state index contributed by atoms with van der Waals surface area (Å²) >= 11 is 5.72. The number of piperidine rings is 1. The second kappa shape index (κ2) is 5.51. The van der Waals surface area contributed by atoms with Gasteiger partial charge in [-0.3, -0.25) is 14.9 Å². The smallest absolute Gasteiger partial charge is 0.245 e. The highest BCUT2D eigenvalue weighted by Crippen LogP contribution is 2.22. The maximum atomic E-state index is 12.4. The van der Waals surface area contributed by atoms with Gasteiger partial charge in [0.25, 0.3) is 0 Å². The van der Waals surface area contributed by atoms with E-state index in [9.17, 15) is 18.0 Å². The number of sulfonamides is 1. The average Bonchev–Trinajstić information content (AvgIpc) is 2.38. The number of carbonyl (C=O) groups is 2. The van der Waals surface area contributed by atoms with Gasteiger partial charge in [0.1, 0.15) is 6.04 Å². The maximum Gasteiger partial charge on any atom is 0.245 e. The molecule has 1 aliphatic heterocycles. The lowest BCUT2D eigenvalue weighted by atomic mass is 10.1. The molecule has 0 spiro atoms. The summed E-state index contributed by atoms with van der Waals surface area (Å²) in [5.74, 6) is -0.982. The first-order valence-corrected chi connectivity index (χ1v) is 7.71. The largest absolute Gasteiger partial charge is 0.295 e. The summed E-state index contributed by atoms with van der Waals surface area (Å²) in [6, 6.07) is 4.80. The predicted molar refractivity (Wildman–Crippen MR) is 72.6 cm³/mol. The number of imide groups is 1. The summed E-state index contributed by atoms with van der Waals surface area (Å²) in [6.07, 6.45) is 0.296. The van der Waals surface area contributed by atoms with Gasteiger partial charge >= 0.3 is 0 Å². The van der Waals surface area contributed by atoms with Crippen LogP contribution < -0.4 is 5.32 Å². The second-order valence-corrected chi connectivity index (χ2v) is 6.88. The molecule has 1 fully saturated rings. The number of likely N-dealkylation sites (N-methyl/N-ethyl adjacent to an activating group) is 1. The Balaban J connectivity index is 2.27. The van der Waals surface area contributed by atoms with Gasteiger partial charge in [0.05, 0.1) is 4.90 Å². The van der Waals surface area contributed by atoms with Gasteiger partial charge in [-0.2, -0.15) is 4.31 Å². The number of rotatable bonds is 3. The Bertz CT molecular complexity index is 642. The average molecular weight is 317 g/mol. The zero-order valence-corrected chi connectivity index (χ0v) is 12.2. The van der Waals surface area contributed by atoms with E-state index in [1.165, 1.54) is 31.3 Å². The first-order chi connectivity index (χ1) is 9.32. The van der Waals surface area contributed by atoms with E-state index in [0.717, 1.165) is 4.31 Å². The van der Waals surface area contributed by atoms with E-state index in [0.29, 0.717) is 5.02 Å². The van der Waals surface area contributed by atoms with Crippen molar-refractivity contribution >= 4 is 33.4 Å². The normalized spacial score (nSPS) is 20.1. The van der Waals surface area contributed by atoms with Crippen LogP contribution in [0.5, 0.6) is 0 Å². The second-order valence-electron chi connectivity index (χ2n) is 4.44. The third kappa shape index (κ3) is 2.84. The molecule has 1 atom stereocenters. The molecule has 8 heteroatoms. The van der Waals surface area contributed by atoms with E-state index < -0.39 is 22.0 Å². The van der Waals surface area contributed by atoms with Crippen LogP contribution in [0.3, 0.4) is 0 Å². The molecule has 0 radical (unpaired) electrons. The monoisotopic (exact) mass is 316 g/mol. The van der Waals surface area contributed by atoms with Gasteiger partial charge < -0.3 is 0 Å². The summed E-state index contributed by atoms with van der Waals surface area (Å²) in [5, 5.41) is 2.56. The van der Waals surface area contributed by atoms with Crippen molar-refractivity contribution in [1.82, 2.24) is 9.62 Å². The summed E-state index contributed by atoms with van der Waals surface area (Å²) in [5.41, 5.74) is 0. The SMILES string of the molecule is CN(C1CCC(=O)NC1=O)S(=O)(=O)c1ccc(Cl)cc1. The molecule has 1 aromatic rings. The van der Waals surface area contributed by atoms with Crippen LogP contribution in [0.1, 0.15) is 12.8 Å². The highest BCUT2D eigenvalue weighted by Gasteiger charge is 2.36. The van der Waals surface area contributed by atoms with Crippen molar-refractivity contribution in [2.45, 2.75) is 23.8 Å². The van der Waals surface area contributed by atoms with Crippen LogP contribution in [-0.2, 0) is 19.6 Å². The lowest BCUT2D eigenvalue weighted by molar-refractivity contribution is -0.135. The fraction of sp³-hybridized carbons (Fsp3) is 0.333. The van der Waals surface area contributed by atoms with Crippen LogP contribution >= 0.6 is 11.6 Å². The number of hydrogen-bond donors (Lipinski definition) is 1. The van der Waals surface area contributed by atoms with Gasteiger partial charge in [-0.25, -0.2) is 8.42 Å². The number of halogens is 1. The molecule has 1 heterocycles. The number of amides is 2. The number of benzene rings is 1. The minimum Gasteiger partial charge on any atom is -0.295 e. The first kappa shape index (κ1) is 15.0. The van der Waals surface area contributed by atoms with Gasteiger partial charge in [-0.05, 0) is 30.7 Å². The summed E-state index contributed by atoms with van der Waals surface area (Å²) in [4.78, 5) is 22.9. The van der Waals surface area contributed by atoms with Crippen molar-refractivity contribution in [3.8, 4) is 0 Å². The van der Waals surface area contributed by atoms with E-state index in [2.05, 4.69) is 5.32 Å². The lowest BCUT2D eigenvalue weighted by Gasteiger charge is -2.28. The molecule has 1 N–H and O–H groups in total. The topological polar surface area (TPSA) is 83.6 Å². The summed E-state index contributed by atoms with van der Waals surface area (Å²) in [7, 11) is -2.48. The molecular formula is C12H13ClN2O4S. The van der Waals surface area contributed by atoms with Gasteiger partial charge in [0, 0.05) is 18.5 Å². The van der Waals surface area contributed by atoms with Crippen LogP contribution in [-0.4, -0.2) is 37.6 Å². The fourth-order valence-electron chi connectivity index (χ4n) is 1.97. The minimum absolute atomic E-state index is 0.0501. The molecule has 0 bridgehead atoms. The van der Waals surface area contributed by atoms with E-state index in [1.807, 2.05) is 0 Å². The molecule has 2 rings (SSSR count). The molecule has 2 amide bonds. The fourth-order valence-corrected chi connectivity index (χ4v) is 3.44. The molecule has 1 saturated heterocycles. The van der Waals surface area contributed by atoms with Crippen molar-refractivity contribution in [2.24, 2.45) is 0 Å². The van der Waals surface area contributed by atoms with Gasteiger partial charge in [0.15, 0.2) is 0 Å². The molecule has 1 aromatic carbocycles. The Morgan fingerprint density at radius 2 is 1.85 bits per heavy atom. The number of nitrogens with zero attached hydrogens (tertiary/aromatic N) is 1. The van der Waals surface area contributed by atoms with Crippen LogP contribution in [0.15, 0.2) is 29.2 Å². The third-order valence-corrected chi connectivity index (χ3v) is 5.27. The number of hydrogen-bond acceptors (Lipinski definition) is 4. The van der Waals surface area contributed by atoms with Crippen LogP contribution in [0, 0.1) is 0 Å². The molecule has 1 unspecified atom stereocenters. The molecule has 1 aliphatic rings. The minimum atomic E-state index is -3.80. The number of carbonyl (C=O) groups excluding carboxylic acids is 2. The zero-order chi connectivity index (χ0) is 14.9. The van der Waals surface area contributed by atoms with Crippen LogP contribution in [0.4, 0.5) is 0 Å². The maximum absolute atomic E-state index is 12.4. The molecule has 0 saturated carbocycles. The molecule has 108 valence electrons. The Hall–Kier alpha value is -1.44. The van der Waals surface area contributed by atoms with Crippen molar-refractivity contribution in [3.63, 3.8) is 0 Å². The van der Waals surface area contributed by atoms with Gasteiger partial charge in [-0.1, -0.05) is 11.6 Å². The number of nitrogens with one attached hydrogen (secondary N) is 1. The summed E-state index contributed by atoms with van der Waals surface area (Å²) in [6.45, 7) is 0. The van der Waals surface area contributed by atoms with Gasteiger partial charge in [0.2, 0.25) is 21.8 Å². The quantitative estimate of drug-likeness (QED) is 0.835. The zero-order valence-electron chi connectivity index (χ0n) is 10.7. The van der Waals surface area contributed by atoms with Crippen LogP contribution in [0.2, 0.25) is 5.02 Å². The predicted octanol–water partition coefficient (Wildman–Crippen LogP) is 0.766. The lowest BCUT2D eigenvalue weighted by Crippen LogP contribution is -2.52.